The van der Waals surface area contributed by atoms with Crippen molar-refractivity contribution in [2.75, 3.05) is 4.90 Å². The summed E-state index contributed by atoms with van der Waals surface area (Å²) >= 11 is 0. The molecule has 10 aromatic carbocycles. The lowest BCUT2D eigenvalue weighted by Gasteiger charge is -2.31. The minimum atomic E-state index is -2.69. The highest BCUT2D eigenvalue weighted by Gasteiger charge is 2.49. The van der Waals surface area contributed by atoms with Gasteiger partial charge in [0.2, 0.25) is 0 Å². The maximum absolute atomic E-state index is 2.69. The van der Waals surface area contributed by atoms with E-state index in [4.69, 9.17) is 0 Å². The van der Waals surface area contributed by atoms with E-state index in [0.29, 0.717) is 0 Å². The zero-order valence-corrected chi connectivity index (χ0v) is 34.1. The van der Waals surface area contributed by atoms with E-state index in [-0.39, 0.29) is 0 Å². The van der Waals surface area contributed by atoms with E-state index < -0.39 is 8.07 Å². The lowest BCUT2D eigenvalue weighted by atomic mass is 9.93. The molecule has 0 atom stereocenters. The van der Waals surface area contributed by atoms with Crippen molar-refractivity contribution < 1.29 is 0 Å². The van der Waals surface area contributed by atoms with Gasteiger partial charge in [-0.3, -0.25) is 0 Å². The van der Waals surface area contributed by atoms with E-state index in [9.17, 15) is 0 Å². The molecular formula is C58H41NSi. The molecule has 0 saturated carbocycles. The molecule has 1 aliphatic heterocycles. The van der Waals surface area contributed by atoms with Crippen LogP contribution in [-0.4, -0.2) is 8.07 Å². The predicted octanol–water partition coefficient (Wildman–Crippen LogP) is 12.7. The molecule has 1 nitrogen and oxygen atoms in total. The normalized spacial score (nSPS) is 12.5. The second kappa shape index (κ2) is 15.0. The van der Waals surface area contributed by atoms with Gasteiger partial charge in [0.1, 0.15) is 0 Å². The van der Waals surface area contributed by atoms with Crippen molar-refractivity contribution in [3.8, 4) is 44.5 Å². The molecule has 0 amide bonds. The molecule has 0 aromatic heterocycles. The number of nitrogens with zero attached hydrogens (tertiary/aromatic N) is 1. The zero-order chi connectivity index (χ0) is 39.9. The summed E-state index contributed by atoms with van der Waals surface area (Å²) < 4.78 is 0. The summed E-state index contributed by atoms with van der Waals surface area (Å²) in [4.78, 5) is 2.37. The van der Waals surface area contributed by atoms with Crippen molar-refractivity contribution in [2.45, 2.75) is 0 Å². The Kier molecular flexibility index (Phi) is 8.91. The van der Waals surface area contributed by atoms with Gasteiger partial charge in [-0.1, -0.05) is 206 Å². The first-order chi connectivity index (χ1) is 29.8. The van der Waals surface area contributed by atoms with Gasteiger partial charge in [-0.25, -0.2) is 0 Å². The quantitative estimate of drug-likeness (QED) is 0.139. The SMILES string of the molecule is c1ccc(-c2ccc(N(c3ccc(-c4ccccc4)cc3)c3ccc(-c4cccc5c4-c4cc6ccccc6cc4[Si]5(c4ccccc4)c4ccccc4)cc3)cc2)cc1. The highest BCUT2D eigenvalue weighted by molar-refractivity contribution is 7.22. The van der Waals surface area contributed by atoms with Crippen molar-refractivity contribution in [3.63, 3.8) is 0 Å². The molecular weight excluding hydrogens is 739 g/mol. The van der Waals surface area contributed by atoms with Crippen LogP contribution in [0.15, 0.2) is 249 Å². The van der Waals surface area contributed by atoms with E-state index in [1.165, 1.54) is 76.0 Å². The van der Waals surface area contributed by atoms with Gasteiger partial charge in [0, 0.05) is 17.1 Å². The maximum Gasteiger partial charge on any atom is 0.180 e. The van der Waals surface area contributed by atoms with Crippen LogP contribution in [0.2, 0.25) is 0 Å². The van der Waals surface area contributed by atoms with Crippen LogP contribution in [0.3, 0.4) is 0 Å². The fraction of sp³-hybridized carbons (Fsp3) is 0. The number of hydrogen-bond acceptors (Lipinski definition) is 1. The van der Waals surface area contributed by atoms with Crippen molar-refractivity contribution in [1.29, 1.82) is 0 Å². The third kappa shape index (κ3) is 6.00. The average Bonchev–Trinajstić information content (AvgIpc) is 3.62. The van der Waals surface area contributed by atoms with Crippen LogP contribution in [0.25, 0.3) is 55.3 Å². The molecule has 0 N–H and O–H groups in total. The van der Waals surface area contributed by atoms with Gasteiger partial charge in [0.05, 0.1) is 0 Å². The monoisotopic (exact) mass is 779 g/mol. The lowest BCUT2D eigenvalue weighted by molar-refractivity contribution is 1.28. The minimum Gasteiger partial charge on any atom is -0.311 e. The maximum atomic E-state index is 2.51. The van der Waals surface area contributed by atoms with E-state index in [2.05, 4.69) is 254 Å². The molecule has 2 heteroatoms. The largest absolute Gasteiger partial charge is 0.311 e. The standard InChI is InChI=1S/C58H41NSi/c1-5-16-42(17-6-1)44-28-34-49(35-29-44)59(50-36-30-45(31-37-50)43-18-7-2-8-19-43)51-38-32-46(33-39-51)54-26-15-27-56-58(54)55-40-47-20-13-14-21-48(47)41-57(55)60(56,52-22-9-3-10-23-52)53-24-11-4-12-25-53/h1-41H. The van der Waals surface area contributed by atoms with Crippen LogP contribution in [0.1, 0.15) is 0 Å². The van der Waals surface area contributed by atoms with Gasteiger partial charge >= 0.3 is 0 Å². The molecule has 282 valence electrons. The third-order valence-electron chi connectivity index (χ3n) is 12.3. The fourth-order valence-corrected chi connectivity index (χ4v) is 14.8. The van der Waals surface area contributed by atoms with Crippen LogP contribution in [0.4, 0.5) is 17.1 Å². The number of fused-ring (bicyclic) bond motifs is 4. The van der Waals surface area contributed by atoms with Gasteiger partial charge < -0.3 is 4.90 Å². The number of anilines is 3. The molecule has 0 spiro atoms. The molecule has 60 heavy (non-hydrogen) atoms. The van der Waals surface area contributed by atoms with Crippen LogP contribution in [0.5, 0.6) is 0 Å². The zero-order valence-electron chi connectivity index (χ0n) is 33.1. The second-order valence-corrected chi connectivity index (χ2v) is 19.4. The Balaban J connectivity index is 1.06. The highest BCUT2D eigenvalue weighted by atomic mass is 28.3. The molecule has 10 aromatic rings. The summed E-state index contributed by atoms with van der Waals surface area (Å²) in [6.45, 7) is 0. The van der Waals surface area contributed by atoms with Gasteiger partial charge in [0.25, 0.3) is 0 Å². The summed E-state index contributed by atoms with van der Waals surface area (Å²) in [5.74, 6) is 0. The van der Waals surface area contributed by atoms with Crippen molar-refractivity contribution in [3.05, 3.63) is 249 Å². The second-order valence-electron chi connectivity index (χ2n) is 15.7. The molecule has 0 bridgehead atoms. The molecule has 1 aliphatic rings. The molecule has 0 unspecified atom stereocenters. The number of hydrogen-bond donors (Lipinski definition) is 0. The fourth-order valence-electron chi connectivity index (χ4n) is 9.57. The third-order valence-corrected chi connectivity index (χ3v) is 17.2. The Morgan fingerprint density at radius 1 is 0.267 bits per heavy atom. The van der Waals surface area contributed by atoms with Crippen molar-refractivity contribution in [2.24, 2.45) is 0 Å². The molecule has 11 rings (SSSR count). The van der Waals surface area contributed by atoms with Crippen LogP contribution < -0.4 is 25.6 Å². The first-order valence-electron chi connectivity index (χ1n) is 20.8. The Morgan fingerprint density at radius 3 is 1.15 bits per heavy atom. The molecule has 0 fully saturated rings. The molecule has 0 saturated heterocycles. The molecule has 0 radical (unpaired) electrons. The predicted molar refractivity (Wildman–Crippen MR) is 258 cm³/mol. The van der Waals surface area contributed by atoms with E-state index in [1.54, 1.807) is 0 Å². The van der Waals surface area contributed by atoms with Crippen molar-refractivity contribution >= 4 is 56.7 Å². The first-order valence-corrected chi connectivity index (χ1v) is 22.8. The Hall–Kier alpha value is -7.52. The summed E-state index contributed by atoms with van der Waals surface area (Å²) in [5.41, 5.74) is 13.3. The van der Waals surface area contributed by atoms with E-state index in [0.717, 1.165) is 17.1 Å². The minimum absolute atomic E-state index is 1.11. The van der Waals surface area contributed by atoms with Crippen LogP contribution >= 0.6 is 0 Å². The van der Waals surface area contributed by atoms with E-state index >= 15 is 0 Å². The smallest absolute Gasteiger partial charge is 0.180 e. The average molecular weight is 780 g/mol. The van der Waals surface area contributed by atoms with E-state index in [1.807, 2.05) is 0 Å². The highest BCUT2D eigenvalue weighted by Crippen LogP contribution is 2.41. The lowest BCUT2D eigenvalue weighted by Crippen LogP contribution is -2.72. The number of rotatable bonds is 8. The Morgan fingerprint density at radius 2 is 0.667 bits per heavy atom. The summed E-state index contributed by atoms with van der Waals surface area (Å²) in [6, 6.07) is 91.7. The van der Waals surface area contributed by atoms with Crippen LogP contribution in [0, 0.1) is 0 Å². The van der Waals surface area contributed by atoms with Crippen molar-refractivity contribution in [1.82, 2.24) is 0 Å². The van der Waals surface area contributed by atoms with Crippen LogP contribution in [-0.2, 0) is 0 Å². The van der Waals surface area contributed by atoms with Gasteiger partial charge in [0.15, 0.2) is 8.07 Å². The summed E-state index contributed by atoms with van der Waals surface area (Å²) in [7, 11) is -2.69. The van der Waals surface area contributed by atoms with Gasteiger partial charge in [-0.05, 0) is 118 Å². The molecule has 0 aliphatic carbocycles. The summed E-state index contributed by atoms with van der Waals surface area (Å²) in [5, 5.41) is 8.28. The topological polar surface area (TPSA) is 3.24 Å². The molecule has 1 heterocycles. The van der Waals surface area contributed by atoms with Gasteiger partial charge in [-0.15, -0.1) is 0 Å². The first kappa shape index (κ1) is 35.6. The van der Waals surface area contributed by atoms with Gasteiger partial charge in [-0.2, -0.15) is 0 Å². The Labute approximate surface area is 353 Å². The summed E-state index contributed by atoms with van der Waals surface area (Å²) in [6.07, 6.45) is 0. The number of benzene rings is 10. The Bertz CT molecular complexity index is 2970.